The number of nitrogens with one attached hydrogen (secondary N) is 1. The molecule has 122 valence electrons. The summed E-state index contributed by atoms with van der Waals surface area (Å²) in [5.41, 5.74) is 8.85. The molecule has 2 heterocycles. The number of fused-ring (bicyclic) bond motifs is 1. The van der Waals surface area contributed by atoms with E-state index in [0.29, 0.717) is 11.5 Å². The highest BCUT2D eigenvalue weighted by Crippen LogP contribution is 2.22. The fraction of sp³-hybridized carbons (Fsp3) is 0.500. The third-order valence-corrected chi connectivity index (χ3v) is 3.95. The monoisotopic (exact) mass is 315 g/mol. The zero-order valence-electron chi connectivity index (χ0n) is 13.3. The van der Waals surface area contributed by atoms with Crippen LogP contribution in [0.1, 0.15) is 59.4 Å². The summed E-state index contributed by atoms with van der Waals surface area (Å²) < 4.78 is 5.22. The normalized spacial score (nSPS) is 13.6. The van der Waals surface area contributed by atoms with Gasteiger partial charge in [-0.3, -0.25) is 4.79 Å². The summed E-state index contributed by atoms with van der Waals surface area (Å²) in [5.74, 6) is 0.545. The molecule has 0 spiro atoms. The van der Waals surface area contributed by atoms with Crippen LogP contribution in [0.15, 0.2) is 10.6 Å². The Morgan fingerprint density at radius 2 is 2.17 bits per heavy atom. The van der Waals surface area contributed by atoms with E-state index in [1.54, 1.807) is 0 Å². The van der Waals surface area contributed by atoms with Crippen molar-refractivity contribution >= 4 is 11.9 Å². The lowest BCUT2D eigenvalue weighted by Gasteiger charge is -2.17. The van der Waals surface area contributed by atoms with Gasteiger partial charge in [0.05, 0.1) is 12.2 Å². The predicted molar refractivity (Wildman–Crippen MR) is 84.8 cm³/mol. The minimum absolute atomic E-state index is 0.153. The maximum Gasteiger partial charge on any atom is 0.270 e. The lowest BCUT2D eigenvalue weighted by Crippen LogP contribution is -2.27. The second kappa shape index (κ2) is 6.76. The number of amides is 1. The maximum atomic E-state index is 12.5. The predicted octanol–water partition coefficient (Wildman–Crippen LogP) is 1.81. The first-order valence-corrected chi connectivity index (χ1v) is 8.05. The Bertz CT molecular complexity index is 710. The molecule has 3 N–H and O–H groups in total. The molecule has 3 rings (SSSR count). The minimum Gasteiger partial charge on any atom is -0.368 e. The fourth-order valence-corrected chi connectivity index (χ4v) is 2.87. The SMILES string of the molecule is CCCc1cc(CNC(=O)c2nc(N)nc3c2CCCC3)on1. The molecule has 0 atom stereocenters. The molecule has 0 aromatic carbocycles. The van der Waals surface area contributed by atoms with Crippen LogP contribution < -0.4 is 11.1 Å². The Labute approximate surface area is 134 Å². The zero-order valence-corrected chi connectivity index (χ0v) is 13.3. The van der Waals surface area contributed by atoms with Crippen molar-refractivity contribution in [3.63, 3.8) is 0 Å². The molecule has 1 aliphatic carbocycles. The highest BCUT2D eigenvalue weighted by atomic mass is 16.5. The molecule has 0 saturated heterocycles. The molecule has 23 heavy (non-hydrogen) atoms. The first-order valence-electron chi connectivity index (χ1n) is 8.05. The average Bonchev–Trinajstić information content (AvgIpc) is 3.00. The van der Waals surface area contributed by atoms with Gasteiger partial charge in [0.25, 0.3) is 5.91 Å². The van der Waals surface area contributed by atoms with E-state index >= 15 is 0 Å². The van der Waals surface area contributed by atoms with E-state index in [2.05, 4.69) is 27.4 Å². The van der Waals surface area contributed by atoms with Crippen molar-refractivity contribution in [1.82, 2.24) is 20.4 Å². The van der Waals surface area contributed by atoms with E-state index in [0.717, 1.165) is 55.5 Å². The number of carbonyl (C=O) groups is 1. The van der Waals surface area contributed by atoms with Crippen LogP contribution in [0, 0.1) is 0 Å². The first-order chi connectivity index (χ1) is 11.2. The topological polar surface area (TPSA) is 107 Å². The van der Waals surface area contributed by atoms with Crippen LogP contribution in [0.5, 0.6) is 0 Å². The van der Waals surface area contributed by atoms with Gasteiger partial charge in [0.1, 0.15) is 5.69 Å². The molecular formula is C16H21N5O2. The lowest BCUT2D eigenvalue weighted by molar-refractivity contribution is 0.0940. The van der Waals surface area contributed by atoms with Crippen molar-refractivity contribution in [2.45, 2.75) is 52.0 Å². The first kappa shape index (κ1) is 15.5. The lowest BCUT2D eigenvalue weighted by atomic mass is 9.94. The largest absolute Gasteiger partial charge is 0.368 e. The summed E-state index contributed by atoms with van der Waals surface area (Å²) in [6.45, 7) is 2.37. The van der Waals surface area contributed by atoms with Crippen LogP contribution in [-0.4, -0.2) is 21.0 Å². The van der Waals surface area contributed by atoms with Crippen molar-refractivity contribution in [1.29, 1.82) is 0 Å². The fourth-order valence-electron chi connectivity index (χ4n) is 2.87. The van der Waals surface area contributed by atoms with Gasteiger partial charge in [0.2, 0.25) is 5.95 Å². The zero-order chi connectivity index (χ0) is 16.2. The Kier molecular flexibility index (Phi) is 4.55. The Balaban J connectivity index is 1.71. The Morgan fingerprint density at radius 1 is 1.35 bits per heavy atom. The molecule has 0 bridgehead atoms. The second-order valence-corrected chi connectivity index (χ2v) is 5.78. The average molecular weight is 315 g/mol. The van der Waals surface area contributed by atoms with Gasteiger partial charge in [-0.1, -0.05) is 18.5 Å². The van der Waals surface area contributed by atoms with Gasteiger partial charge in [-0.25, -0.2) is 9.97 Å². The number of hydrogen-bond donors (Lipinski definition) is 2. The van der Waals surface area contributed by atoms with Crippen molar-refractivity contribution < 1.29 is 9.32 Å². The van der Waals surface area contributed by atoms with Crippen LogP contribution >= 0.6 is 0 Å². The number of nitrogens with zero attached hydrogens (tertiary/aromatic N) is 3. The summed E-state index contributed by atoms with van der Waals surface area (Å²) in [6.07, 6.45) is 5.66. The van der Waals surface area contributed by atoms with Crippen LogP contribution in [-0.2, 0) is 25.8 Å². The van der Waals surface area contributed by atoms with E-state index in [9.17, 15) is 4.79 Å². The van der Waals surface area contributed by atoms with Gasteiger partial charge >= 0.3 is 0 Å². The molecular weight excluding hydrogens is 294 g/mol. The number of hydrogen-bond acceptors (Lipinski definition) is 6. The second-order valence-electron chi connectivity index (χ2n) is 5.78. The van der Waals surface area contributed by atoms with E-state index in [4.69, 9.17) is 10.3 Å². The van der Waals surface area contributed by atoms with Crippen LogP contribution in [0.25, 0.3) is 0 Å². The number of anilines is 1. The number of aryl methyl sites for hydroxylation is 2. The van der Waals surface area contributed by atoms with Crippen molar-refractivity contribution in [2.24, 2.45) is 0 Å². The Hall–Kier alpha value is -2.44. The number of nitrogens with two attached hydrogens (primary N) is 1. The van der Waals surface area contributed by atoms with E-state index < -0.39 is 0 Å². The standard InChI is InChI=1S/C16H21N5O2/c1-2-5-10-8-11(23-21-10)9-18-15(22)14-12-6-3-4-7-13(12)19-16(17)20-14/h8H,2-7,9H2,1H3,(H,18,22)(H2,17,19,20). The van der Waals surface area contributed by atoms with Gasteiger partial charge in [0, 0.05) is 17.3 Å². The molecule has 7 heteroatoms. The molecule has 0 unspecified atom stereocenters. The maximum absolute atomic E-state index is 12.5. The molecule has 0 aliphatic heterocycles. The Morgan fingerprint density at radius 3 is 3.00 bits per heavy atom. The summed E-state index contributed by atoms with van der Waals surface area (Å²) >= 11 is 0. The van der Waals surface area contributed by atoms with Crippen LogP contribution in [0.4, 0.5) is 5.95 Å². The molecule has 2 aromatic heterocycles. The summed E-state index contributed by atoms with van der Waals surface area (Å²) in [5, 5.41) is 6.80. The highest BCUT2D eigenvalue weighted by molar-refractivity contribution is 5.94. The van der Waals surface area contributed by atoms with Gasteiger partial charge in [-0.2, -0.15) is 0 Å². The number of carbonyl (C=O) groups excluding carboxylic acids is 1. The van der Waals surface area contributed by atoms with Crippen LogP contribution in [0.3, 0.4) is 0 Å². The summed E-state index contributed by atoms with van der Waals surface area (Å²) in [4.78, 5) is 20.9. The minimum atomic E-state index is -0.245. The number of rotatable bonds is 5. The van der Waals surface area contributed by atoms with E-state index in [1.807, 2.05) is 6.07 Å². The van der Waals surface area contributed by atoms with Crippen molar-refractivity contribution in [3.05, 3.63) is 34.5 Å². The molecule has 7 nitrogen and oxygen atoms in total. The third kappa shape index (κ3) is 3.49. The molecule has 1 aliphatic rings. The van der Waals surface area contributed by atoms with E-state index in [-0.39, 0.29) is 18.4 Å². The smallest absolute Gasteiger partial charge is 0.270 e. The highest BCUT2D eigenvalue weighted by Gasteiger charge is 2.21. The molecule has 2 aromatic rings. The summed E-state index contributed by atoms with van der Waals surface area (Å²) in [6, 6.07) is 1.87. The van der Waals surface area contributed by atoms with Gasteiger partial charge in [-0.05, 0) is 32.1 Å². The number of nitrogen functional groups attached to an aromatic ring is 1. The quantitative estimate of drug-likeness (QED) is 0.871. The summed E-state index contributed by atoms with van der Waals surface area (Å²) in [7, 11) is 0. The molecule has 0 radical (unpaired) electrons. The molecule has 0 saturated carbocycles. The molecule has 0 fully saturated rings. The molecule has 1 amide bonds. The van der Waals surface area contributed by atoms with E-state index in [1.165, 1.54) is 0 Å². The van der Waals surface area contributed by atoms with Gasteiger partial charge < -0.3 is 15.6 Å². The van der Waals surface area contributed by atoms with Gasteiger partial charge in [-0.15, -0.1) is 0 Å². The third-order valence-electron chi connectivity index (χ3n) is 3.95. The van der Waals surface area contributed by atoms with Crippen molar-refractivity contribution in [3.8, 4) is 0 Å². The van der Waals surface area contributed by atoms with Crippen LogP contribution in [0.2, 0.25) is 0 Å². The van der Waals surface area contributed by atoms with Crippen molar-refractivity contribution in [2.75, 3.05) is 5.73 Å². The van der Waals surface area contributed by atoms with Gasteiger partial charge in [0.15, 0.2) is 5.76 Å². The number of aromatic nitrogens is 3.